The van der Waals surface area contributed by atoms with Gasteiger partial charge in [-0.05, 0) is 57.5 Å². The van der Waals surface area contributed by atoms with E-state index in [0.29, 0.717) is 24.4 Å². The lowest BCUT2D eigenvalue weighted by molar-refractivity contribution is -0.150. The molecule has 0 aliphatic carbocycles. The normalized spacial score (nSPS) is 19.1. The van der Waals surface area contributed by atoms with Crippen LogP contribution in [0.5, 0.6) is 0 Å². The number of rotatable bonds is 5. The van der Waals surface area contributed by atoms with Crippen molar-refractivity contribution in [1.82, 2.24) is 4.90 Å². The summed E-state index contributed by atoms with van der Waals surface area (Å²) in [6.07, 6.45) is 1.68. The molecule has 1 aromatic carbocycles. The molecule has 0 spiro atoms. The fourth-order valence-electron chi connectivity index (χ4n) is 2.85. The van der Waals surface area contributed by atoms with E-state index in [2.05, 4.69) is 5.32 Å². The fourth-order valence-corrected chi connectivity index (χ4v) is 2.85. The summed E-state index contributed by atoms with van der Waals surface area (Å²) in [6, 6.07) is 8.46. The Morgan fingerprint density at radius 1 is 1.42 bits per heavy atom. The monoisotopic (exact) mass is 329 g/mol. The van der Waals surface area contributed by atoms with Crippen LogP contribution in [0.15, 0.2) is 24.3 Å². The van der Waals surface area contributed by atoms with E-state index in [4.69, 9.17) is 10.00 Å². The summed E-state index contributed by atoms with van der Waals surface area (Å²) >= 11 is 0. The first-order chi connectivity index (χ1) is 11.5. The number of anilines is 1. The fraction of sp³-hybridized carbons (Fsp3) is 0.500. The van der Waals surface area contributed by atoms with Gasteiger partial charge in [0.2, 0.25) is 5.91 Å². The molecule has 1 heterocycles. The van der Waals surface area contributed by atoms with Crippen molar-refractivity contribution in [3.05, 3.63) is 29.8 Å². The molecule has 1 aliphatic heterocycles. The third-order valence-electron chi connectivity index (χ3n) is 4.28. The van der Waals surface area contributed by atoms with Crippen molar-refractivity contribution in [3.63, 3.8) is 0 Å². The zero-order valence-corrected chi connectivity index (χ0v) is 14.1. The molecule has 6 nitrogen and oxygen atoms in total. The van der Waals surface area contributed by atoms with Gasteiger partial charge in [0.15, 0.2) is 0 Å². The van der Waals surface area contributed by atoms with Gasteiger partial charge in [-0.2, -0.15) is 5.26 Å². The molecule has 1 saturated heterocycles. The highest BCUT2D eigenvalue weighted by Crippen LogP contribution is 2.20. The highest BCUT2D eigenvalue weighted by Gasteiger charge is 2.31. The van der Waals surface area contributed by atoms with E-state index in [9.17, 15) is 9.59 Å². The second kappa shape index (κ2) is 8.46. The quantitative estimate of drug-likeness (QED) is 0.837. The highest BCUT2D eigenvalue weighted by atomic mass is 16.5. The smallest absolute Gasteiger partial charge is 0.310 e. The number of carbonyl (C=O) groups excluding carboxylic acids is 2. The van der Waals surface area contributed by atoms with Gasteiger partial charge < -0.3 is 10.1 Å². The van der Waals surface area contributed by atoms with Crippen LogP contribution in [0.1, 0.15) is 32.3 Å². The Kier molecular flexibility index (Phi) is 6.33. The minimum Gasteiger partial charge on any atom is -0.466 e. The first-order valence-corrected chi connectivity index (χ1v) is 8.26. The maximum atomic E-state index is 12.4. The van der Waals surface area contributed by atoms with Crippen LogP contribution in [-0.2, 0) is 14.3 Å². The number of nitriles is 1. The Bertz CT molecular complexity index is 621. The van der Waals surface area contributed by atoms with Crippen LogP contribution in [-0.4, -0.2) is 42.5 Å². The molecule has 0 aromatic heterocycles. The average Bonchev–Trinajstić information content (AvgIpc) is 2.62. The molecule has 1 fully saturated rings. The zero-order chi connectivity index (χ0) is 17.5. The lowest BCUT2D eigenvalue weighted by atomic mass is 9.97. The molecule has 1 aromatic rings. The predicted molar refractivity (Wildman–Crippen MR) is 90.2 cm³/mol. The minimum absolute atomic E-state index is 0.121. The summed E-state index contributed by atoms with van der Waals surface area (Å²) in [5, 5.41) is 11.6. The lowest BCUT2D eigenvalue weighted by Crippen LogP contribution is -2.48. The Morgan fingerprint density at radius 2 is 2.12 bits per heavy atom. The van der Waals surface area contributed by atoms with Gasteiger partial charge in [0.25, 0.3) is 0 Å². The van der Waals surface area contributed by atoms with Gasteiger partial charge in [-0.15, -0.1) is 0 Å². The van der Waals surface area contributed by atoms with Crippen molar-refractivity contribution in [2.75, 3.05) is 25.0 Å². The molecular weight excluding hydrogens is 306 g/mol. The van der Waals surface area contributed by atoms with Gasteiger partial charge in [0.1, 0.15) is 0 Å². The molecule has 0 bridgehead atoms. The average molecular weight is 329 g/mol. The first kappa shape index (κ1) is 18.0. The van der Waals surface area contributed by atoms with Gasteiger partial charge in [-0.25, -0.2) is 0 Å². The molecule has 1 amide bonds. The zero-order valence-electron chi connectivity index (χ0n) is 14.1. The molecule has 0 radical (unpaired) electrons. The number of piperidine rings is 1. The second-order valence-electron chi connectivity index (χ2n) is 5.94. The van der Waals surface area contributed by atoms with Crippen LogP contribution in [0.25, 0.3) is 0 Å². The van der Waals surface area contributed by atoms with Crippen LogP contribution < -0.4 is 5.32 Å². The van der Waals surface area contributed by atoms with Crippen molar-refractivity contribution >= 4 is 17.6 Å². The lowest BCUT2D eigenvalue weighted by Gasteiger charge is -2.35. The molecule has 0 saturated carbocycles. The number of hydrogen-bond acceptors (Lipinski definition) is 5. The third-order valence-corrected chi connectivity index (χ3v) is 4.28. The summed E-state index contributed by atoms with van der Waals surface area (Å²) in [5.41, 5.74) is 1.21. The first-order valence-electron chi connectivity index (χ1n) is 8.26. The van der Waals surface area contributed by atoms with E-state index in [1.807, 2.05) is 17.9 Å². The van der Waals surface area contributed by atoms with E-state index in [1.165, 1.54) is 0 Å². The molecule has 1 aliphatic rings. The van der Waals surface area contributed by atoms with Gasteiger partial charge in [-0.3, -0.25) is 14.5 Å². The largest absolute Gasteiger partial charge is 0.466 e. The standard InChI is InChI=1S/C18H23N3O3/c1-3-24-18(23)15-5-4-10-21(12-15)13(2)17(22)20-16-8-6-14(11-19)7-9-16/h6-9,13,15H,3-5,10,12H2,1-2H3,(H,20,22)/t13-,15+/m0/s1. The number of ether oxygens (including phenoxy) is 1. The molecule has 0 unspecified atom stereocenters. The topological polar surface area (TPSA) is 82.4 Å². The Morgan fingerprint density at radius 3 is 2.75 bits per heavy atom. The molecular formula is C18H23N3O3. The molecule has 128 valence electrons. The van der Waals surface area contributed by atoms with Gasteiger partial charge in [-0.1, -0.05) is 0 Å². The number of hydrogen-bond donors (Lipinski definition) is 1. The number of likely N-dealkylation sites (tertiary alicyclic amines) is 1. The number of carbonyl (C=O) groups is 2. The van der Waals surface area contributed by atoms with Crippen molar-refractivity contribution < 1.29 is 14.3 Å². The van der Waals surface area contributed by atoms with Crippen molar-refractivity contribution in [2.45, 2.75) is 32.7 Å². The van der Waals surface area contributed by atoms with Gasteiger partial charge >= 0.3 is 5.97 Å². The van der Waals surface area contributed by atoms with Gasteiger partial charge in [0, 0.05) is 12.2 Å². The summed E-state index contributed by atoms with van der Waals surface area (Å²) in [5.74, 6) is -0.463. The highest BCUT2D eigenvalue weighted by molar-refractivity contribution is 5.94. The summed E-state index contributed by atoms with van der Waals surface area (Å²) in [7, 11) is 0. The summed E-state index contributed by atoms with van der Waals surface area (Å²) in [6.45, 7) is 5.35. The maximum absolute atomic E-state index is 12.4. The predicted octanol–water partition coefficient (Wildman–Crippen LogP) is 2.16. The van der Waals surface area contributed by atoms with Gasteiger partial charge in [0.05, 0.1) is 30.2 Å². The SMILES string of the molecule is CCOC(=O)[C@@H]1CCCN([C@@H](C)C(=O)Nc2ccc(C#N)cc2)C1. The number of esters is 1. The van der Waals surface area contributed by atoms with E-state index < -0.39 is 0 Å². The van der Waals surface area contributed by atoms with E-state index >= 15 is 0 Å². The molecule has 6 heteroatoms. The van der Waals surface area contributed by atoms with E-state index in [-0.39, 0.29) is 23.8 Å². The van der Waals surface area contributed by atoms with Crippen LogP contribution in [0, 0.1) is 17.2 Å². The van der Waals surface area contributed by atoms with Crippen molar-refractivity contribution in [1.29, 1.82) is 5.26 Å². The summed E-state index contributed by atoms with van der Waals surface area (Å²) in [4.78, 5) is 26.4. The van der Waals surface area contributed by atoms with Crippen LogP contribution >= 0.6 is 0 Å². The molecule has 1 N–H and O–H groups in total. The van der Waals surface area contributed by atoms with E-state index in [0.717, 1.165) is 19.4 Å². The minimum atomic E-state index is -0.335. The third kappa shape index (κ3) is 4.56. The van der Waals surface area contributed by atoms with Crippen LogP contribution in [0.3, 0.4) is 0 Å². The van der Waals surface area contributed by atoms with Crippen LogP contribution in [0.2, 0.25) is 0 Å². The summed E-state index contributed by atoms with van der Waals surface area (Å²) < 4.78 is 5.09. The molecule has 2 atom stereocenters. The van der Waals surface area contributed by atoms with Crippen LogP contribution in [0.4, 0.5) is 5.69 Å². The molecule has 24 heavy (non-hydrogen) atoms. The number of nitrogens with one attached hydrogen (secondary N) is 1. The van der Waals surface area contributed by atoms with E-state index in [1.54, 1.807) is 31.2 Å². The Hall–Kier alpha value is -2.39. The Labute approximate surface area is 142 Å². The van der Waals surface area contributed by atoms with Crippen molar-refractivity contribution in [2.24, 2.45) is 5.92 Å². The Balaban J connectivity index is 1.94. The number of amides is 1. The second-order valence-corrected chi connectivity index (χ2v) is 5.94. The number of benzene rings is 1. The maximum Gasteiger partial charge on any atom is 0.310 e. The van der Waals surface area contributed by atoms with Crippen molar-refractivity contribution in [3.8, 4) is 6.07 Å². The number of nitrogens with zero attached hydrogens (tertiary/aromatic N) is 2. The molecule has 2 rings (SSSR count).